The van der Waals surface area contributed by atoms with Gasteiger partial charge in [0.15, 0.2) is 5.82 Å². The second kappa shape index (κ2) is 4.14. The van der Waals surface area contributed by atoms with Gasteiger partial charge in [0.1, 0.15) is 0 Å². The van der Waals surface area contributed by atoms with Crippen LogP contribution in [0.25, 0.3) is 0 Å². The fourth-order valence-electron chi connectivity index (χ4n) is 1.70. The Hall–Kier alpha value is -1.17. The molecule has 1 aliphatic heterocycles. The Labute approximate surface area is 86.2 Å². The van der Waals surface area contributed by atoms with Crippen molar-refractivity contribution in [1.29, 1.82) is 0 Å². The predicted octanol–water partition coefficient (Wildman–Crippen LogP) is 1.41. The van der Waals surface area contributed by atoms with Crippen molar-refractivity contribution in [3.05, 3.63) is 11.8 Å². The third kappa shape index (κ3) is 2.09. The molecule has 1 aliphatic rings. The lowest BCUT2D eigenvalue weighted by Crippen LogP contribution is -2.50. The third-order valence-electron chi connectivity index (χ3n) is 2.53. The lowest BCUT2D eigenvalue weighted by Gasteiger charge is -2.33. The smallest absolute Gasteiger partial charge is 0.298 e. The minimum Gasteiger partial charge on any atom is -0.353 e. The van der Waals surface area contributed by atoms with E-state index in [4.69, 9.17) is 0 Å². The molecule has 2 rings (SSSR count). The molecular weight excluding hydrogens is 204 g/mol. The second-order valence-corrected chi connectivity index (χ2v) is 3.63. The summed E-state index contributed by atoms with van der Waals surface area (Å²) in [6.45, 7) is 4.44. The van der Waals surface area contributed by atoms with E-state index in [0.29, 0.717) is 5.82 Å². The fourth-order valence-corrected chi connectivity index (χ4v) is 1.70. The van der Waals surface area contributed by atoms with E-state index in [1.165, 1.54) is 6.07 Å². The lowest BCUT2D eigenvalue weighted by molar-refractivity contribution is 0.112. The van der Waals surface area contributed by atoms with Crippen LogP contribution in [0.15, 0.2) is 10.6 Å². The molecule has 15 heavy (non-hydrogen) atoms. The van der Waals surface area contributed by atoms with Crippen LogP contribution in [0.4, 0.5) is 14.6 Å². The number of rotatable bonds is 2. The van der Waals surface area contributed by atoms with Gasteiger partial charge in [0, 0.05) is 31.7 Å². The number of hydrogen-bond acceptors (Lipinski definition) is 4. The van der Waals surface area contributed by atoms with Gasteiger partial charge < -0.3 is 14.7 Å². The van der Waals surface area contributed by atoms with E-state index in [-0.39, 0.29) is 11.8 Å². The number of aromatic nitrogens is 1. The maximum atomic E-state index is 12.3. The topological polar surface area (TPSA) is 41.3 Å². The van der Waals surface area contributed by atoms with E-state index in [0.717, 1.165) is 19.6 Å². The summed E-state index contributed by atoms with van der Waals surface area (Å²) in [5, 5.41) is 6.87. The number of nitrogens with one attached hydrogen (secondary N) is 1. The second-order valence-electron chi connectivity index (χ2n) is 3.63. The first-order valence-corrected chi connectivity index (χ1v) is 4.90. The molecule has 2 heterocycles. The highest BCUT2D eigenvalue weighted by atomic mass is 19.3. The summed E-state index contributed by atoms with van der Waals surface area (Å²) >= 11 is 0. The maximum Gasteiger partial charge on any atom is 0.298 e. The zero-order valence-corrected chi connectivity index (χ0v) is 8.41. The molecule has 0 saturated carbocycles. The summed E-state index contributed by atoms with van der Waals surface area (Å²) in [4.78, 5) is 1.96. The first-order valence-electron chi connectivity index (χ1n) is 4.90. The van der Waals surface area contributed by atoms with Gasteiger partial charge >= 0.3 is 0 Å². The molecule has 1 fully saturated rings. The van der Waals surface area contributed by atoms with E-state index in [9.17, 15) is 8.78 Å². The van der Waals surface area contributed by atoms with Crippen LogP contribution in [0.3, 0.4) is 0 Å². The van der Waals surface area contributed by atoms with Gasteiger partial charge in [-0.1, -0.05) is 5.16 Å². The molecule has 1 aromatic rings. The molecule has 0 spiro atoms. The van der Waals surface area contributed by atoms with E-state index < -0.39 is 6.43 Å². The van der Waals surface area contributed by atoms with E-state index >= 15 is 0 Å². The number of hydrogen-bond donors (Lipinski definition) is 1. The third-order valence-corrected chi connectivity index (χ3v) is 2.53. The van der Waals surface area contributed by atoms with Crippen LogP contribution in [-0.4, -0.2) is 30.8 Å². The number of alkyl halides is 2. The van der Waals surface area contributed by atoms with Crippen LogP contribution in [-0.2, 0) is 0 Å². The maximum absolute atomic E-state index is 12.3. The summed E-state index contributed by atoms with van der Waals surface area (Å²) < 4.78 is 29.1. The SMILES string of the molecule is C[C@@H]1CNCCN1c1cc(C(F)F)on1. The average molecular weight is 217 g/mol. The molecule has 1 N–H and O–H groups in total. The molecule has 4 nitrogen and oxygen atoms in total. The molecule has 0 aliphatic carbocycles. The molecule has 0 unspecified atom stereocenters. The normalized spacial score (nSPS) is 22.4. The van der Waals surface area contributed by atoms with Crippen molar-refractivity contribution in [2.24, 2.45) is 0 Å². The number of anilines is 1. The molecule has 0 radical (unpaired) electrons. The van der Waals surface area contributed by atoms with Crippen LogP contribution >= 0.6 is 0 Å². The Kier molecular flexibility index (Phi) is 2.86. The standard InChI is InChI=1S/C9H13F2N3O/c1-6-5-12-2-3-14(6)8-4-7(9(10)11)15-13-8/h4,6,9,12H,2-3,5H2,1H3/t6-/m1/s1. The zero-order valence-electron chi connectivity index (χ0n) is 8.41. The fraction of sp³-hybridized carbons (Fsp3) is 0.667. The highest BCUT2D eigenvalue weighted by molar-refractivity contribution is 5.40. The van der Waals surface area contributed by atoms with E-state index in [1.807, 2.05) is 11.8 Å². The highest BCUT2D eigenvalue weighted by Crippen LogP contribution is 2.24. The minimum atomic E-state index is -2.59. The molecule has 0 aromatic carbocycles. The van der Waals surface area contributed by atoms with Crippen molar-refractivity contribution in [1.82, 2.24) is 10.5 Å². The molecule has 0 bridgehead atoms. The quantitative estimate of drug-likeness (QED) is 0.813. The molecule has 6 heteroatoms. The summed E-state index contributed by atoms with van der Waals surface area (Å²) in [6, 6.07) is 1.56. The summed E-state index contributed by atoms with van der Waals surface area (Å²) in [5.41, 5.74) is 0. The monoisotopic (exact) mass is 217 g/mol. The van der Waals surface area contributed by atoms with Gasteiger partial charge in [0.25, 0.3) is 6.43 Å². The van der Waals surface area contributed by atoms with Gasteiger partial charge in [-0.25, -0.2) is 8.78 Å². The minimum absolute atomic E-state index is 0.245. The number of halogens is 2. The molecular formula is C9H13F2N3O. The predicted molar refractivity (Wildman–Crippen MR) is 51.1 cm³/mol. The summed E-state index contributed by atoms with van der Waals surface area (Å²) in [7, 11) is 0. The molecule has 1 atom stereocenters. The van der Waals surface area contributed by atoms with Crippen molar-refractivity contribution in [2.45, 2.75) is 19.4 Å². The number of nitrogens with zero attached hydrogens (tertiary/aromatic N) is 2. The van der Waals surface area contributed by atoms with Gasteiger partial charge in [-0.15, -0.1) is 0 Å². The van der Waals surface area contributed by atoms with E-state index in [2.05, 4.69) is 15.0 Å². The Bertz CT molecular complexity index is 329. The largest absolute Gasteiger partial charge is 0.353 e. The van der Waals surface area contributed by atoms with Gasteiger partial charge in [-0.2, -0.15) is 0 Å². The van der Waals surface area contributed by atoms with Crippen molar-refractivity contribution in [3.8, 4) is 0 Å². The Balaban J connectivity index is 2.13. The zero-order chi connectivity index (χ0) is 10.8. The van der Waals surface area contributed by atoms with Gasteiger partial charge in [-0.05, 0) is 6.92 Å². The van der Waals surface area contributed by atoms with Crippen molar-refractivity contribution in [2.75, 3.05) is 24.5 Å². The molecule has 0 amide bonds. The Morgan fingerprint density at radius 1 is 1.67 bits per heavy atom. The average Bonchev–Trinajstić information content (AvgIpc) is 2.67. The number of piperazine rings is 1. The van der Waals surface area contributed by atoms with Crippen molar-refractivity contribution < 1.29 is 13.3 Å². The van der Waals surface area contributed by atoms with Crippen LogP contribution in [0.5, 0.6) is 0 Å². The van der Waals surface area contributed by atoms with Gasteiger partial charge in [-0.3, -0.25) is 0 Å². The van der Waals surface area contributed by atoms with Gasteiger partial charge in [0.05, 0.1) is 0 Å². The Morgan fingerprint density at radius 2 is 2.47 bits per heavy atom. The molecule has 84 valence electrons. The van der Waals surface area contributed by atoms with Crippen LogP contribution in [0, 0.1) is 0 Å². The molecule has 1 aromatic heterocycles. The summed E-state index contributed by atoms with van der Waals surface area (Å²) in [6.07, 6.45) is -2.59. The van der Waals surface area contributed by atoms with Gasteiger partial charge in [0.2, 0.25) is 5.76 Å². The lowest BCUT2D eigenvalue weighted by atomic mass is 10.2. The summed E-state index contributed by atoms with van der Waals surface area (Å²) in [5.74, 6) is 0.134. The van der Waals surface area contributed by atoms with Crippen LogP contribution < -0.4 is 10.2 Å². The Morgan fingerprint density at radius 3 is 3.07 bits per heavy atom. The first kappa shape index (κ1) is 10.4. The molecule has 1 saturated heterocycles. The van der Waals surface area contributed by atoms with E-state index in [1.54, 1.807) is 0 Å². The first-order chi connectivity index (χ1) is 7.18. The van der Waals surface area contributed by atoms with Crippen molar-refractivity contribution >= 4 is 5.82 Å². The van der Waals surface area contributed by atoms with Crippen LogP contribution in [0.2, 0.25) is 0 Å². The highest BCUT2D eigenvalue weighted by Gasteiger charge is 2.23. The van der Waals surface area contributed by atoms with Crippen molar-refractivity contribution in [3.63, 3.8) is 0 Å². The van der Waals surface area contributed by atoms with Crippen LogP contribution in [0.1, 0.15) is 19.1 Å².